The van der Waals surface area contributed by atoms with E-state index in [-0.39, 0.29) is 21.9 Å². The van der Waals surface area contributed by atoms with Crippen LogP contribution in [-0.4, -0.2) is 23.7 Å². The van der Waals surface area contributed by atoms with Gasteiger partial charge in [-0.25, -0.2) is 14.4 Å². The maximum Gasteiger partial charge on any atom is 0.348 e. The fraction of sp³-hybridized carbons (Fsp3) is 0.150. The molecule has 8 heteroatoms. The van der Waals surface area contributed by atoms with E-state index in [0.29, 0.717) is 10.6 Å². The van der Waals surface area contributed by atoms with E-state index in [1.165, 1.54) is 50.3 Å². The van der Waals surface area contributed by atoms with Gasteiger partial charge in [-0.2, -0.15) is 0 Å². The summed E-state index contributed by atoms with van der Waals surface area (Å²) in [5, 5.41) is 0.582. The average molecular weight is 421 g/mol. The Morgan fingerprint density at radius 1 is 1.00 bits per heavy atom. The van der Waals surface area contributed by atoms with Crippen molar-refractivity contribution in [1.29, 1.82) is 0 Å². The van der Waals surface area contributed by atoms with Crippen molar-refractivity contribution in [1.82, 2.24) is 0 Å². The summed E-state index contributed by atoms with van der Waals surface area (Å²) in [6.07, 6.45) is 1.33. The van der Waals surface area contributed by atoms with E-state index in [1.54, 1.807) is 12.1 Å². The fourth-order valence-corrected chi connectivity index (χ4v) is 2.88. The third-order valence-corrected chi connectivity index (χ3v) is 4.22. The molecule has 0 spiro atoms. The fourth-order valence-electron chi connectivity index (χ4n) is 2.39. The largest absolute Gasteiger partial charge is 0.423 e. The van der Waals surface area contributed by atoms with Crippen LogP contribution in [0.2, 0.25) is 10.0 Å². The second kappa shape index (κ2) is 7.66. The Morgan fingerprint density at radius 2 is 1.61 bits per heavy atom. The second-order valence-corrected chi connectivity index (χ2v) is 7.16. The molecule has 0 atom stereocenters. The Kier molecular flexibility index (Phi) is 5.45. The van der Waals surface area contributed by atoms with Crippen LogP contribution in [0.1, 0.15) is 29.8 Å². The van der Waals surface area contributed by atoms with E-state index < -0.39 is 23.7 Å². The number of esters is 3. The van der Waals surface area contributed by atoms with Crippen molar-refractivity contribution in [3.8, 4) is 5.75 Å². The minimum absolute atomic E-state index is 0.174. The number of benzene rings is 2. The summed E-state index contributed by atoms with van der Waals surface area (Å²) in [6.45, 7) is 2.94. The molecular formula is C20H14Cl2O6. The van der Waals surface area contributed by atoms with Gasteiger partial charge in [0.2, 0.25) is 0 Å². The van der Waals surface area contributed by atoms with Gasteiger partial charge in [0.15, 0.2) is 0 Å². The van der Waals surface area contributed by atoms with Crippen molar-refractivity contribution in [2.24, 2.45) is 0 Å². The minimum Gasteiger partial charge on any atom is -0.423 e. The quantitative estimate of drug-likeness (QED) is 0.316. The Bertz CT molecular complexity index is 970. The highest BCUT2D eigenvalue weighted by atomic mass is 35.5. The number of rotatable bonds is 3. The molecule has 1 heterocycles. The normalized spacial score (nSPS) is 15.5. The van der Waals surface area contributed by atoms with E-state index in [0.717, 1.165) is 0 Å². The lowest BCUT2D eigenvalue weighted by Gasteiger charge is -2.29. The number of ether oxygens (including phenoxy) is 3. The lowest BCUT2D eigenvalue weighted by Crippen LogP contribution is -2.41. The molecule has 0 amide bonds. The molecule has 6 nitrogen and oxygen atoms in total. The lowest BCUT2D eigenvalue weighted by molar-refractivity contribution is -0.222. The molecule has 0 unspecified atom stereocenters. The summed E-state index contributed by atoms with van der Waals surface area (Å²) >= 11 is 11.8. The molecule has 2 aromatic carbocycles. The van der Waals surface area contributed by atoms with Gasteiger partial charge in [0, 0.05) is 18.9 Å². The minimum atomic E-state index is -1.30. The van der Waals surface area contributed by atoms with Crippen LogP contribution < -0.4 is 4.74 Å². The first kappa shape index (κ1) is 19.9. The van der Waals surface area contributed by atoms with E-state index in [2.05, 4.69) is 0 Å². The molecular weight excluding hydrogens is 407 g/mol. The SMILES string of the molecule is CC1(C)OC(=O)C(=Cc2ccc(OC(=O)c3ccc(Cl)cc3Cl)cc2)C(=O)O1. The van der Waals surface area contributed by atoms with E-state index in [4.69, 9.17) is 37.4 Å². The van der Waals surface area contributed by atoms with Gasteiger partial charge in [-0.1, -0.05) is 35.3 Å². The third kappa shape index (κ3) is 4.52. The monoisotopic (exact) mass is 420 g/mol. The molecule has 144 valence electrons. The van der Waals surface area contributed by atoms with Crippen molar-refractivity contribution < 1.29 is 28.6 Å². The summed E-state index contributed by atoms with van der Waals surface area (Å²) in [7, 11) is 0. The number of hydrogen-bond acceptors (Lipinski definition) is 6. The zero-order valence-electron chi connectivity index (χ0n) is 14.8. The first-order chi connectivity index (χ1) is 13.1. The summed E-state index contributed by atoms with van der Waals surface area (Å²) in [5.74, 6) is -3.22. The van der Waals surface area contributed by atoms with Crippen LogP contribution >= 0.6 is 23.2 Å². The van der Waals surface area contributed by atoms with Crippen LogP contribution in [0.25, 0.3) is 6.08 Å². The van der Waals surface area contributed by atoms with Gasteiger partial charge < -0.3 is 14.2 Å². The van der Waals surface area contributed by atoms with E-state index in [9.17, 15) is 14.4 Å². The molecule has 1 saturated heterocycles. The Hall–Kier alpha value is -2.83. The number of hydrogen-bond donors (Lipinski definition) is 0. The molecule has 0 radical (unpaired) electrons. The van der Waals surface area contributed by atoms with Crippen LogP contribution in [0.4, 0.5) is 0 Å². The molecule has 0 aromatic heterocycles. The predicted molar refractivity (Wildman–Crippen MR) is 102 cm³/mol. The first-order valence-electron chi connectivity index (χ1n) is 8.10. The summed E-state index contributed by atoms with van der Waals surface area (Å²) < 4.78 is 15.3. The van der Waals surface area contributed by atoms with Crippen molar-refractivity contribution >= 4 is 47.2 Å². The molecule has 2 aromatic rings. The van der Waals surface area contributed by atoms with Gasteiger partial charge in [-0.15, -0.1) is 0 Å². The van der Waals surface area contributed by atoms with E-state index >= 15 is 0 Å². The standard InChI is InChI=1S/C20H14Cl2O6/c1-20(2)27-18(24)15(19(25)28-20)9-11-3-6-13(7-4-11)26-17(23)14-8-5-12(21)10-16(14)22/h3-10H,1-2H3. The van der Waals surface area contributed by atoms with Gasteiger partial charge in [-0.3, -0.25) is 0 Å². The molecule has 0 saturated carbocycles. The zero-order chi connectivity index (χ0) is 20.5. The highest BCUT2D eigenvalue weighted by Crippen LogP contribution is 2.26. The number of carbonyl (C=O) groups is 3. The van der Waals surface area contributed by atoms with Crippen LogP contribution in [-0.2, 0) is 19.1 Å². The van der Waals surface area contributed by atoms with Gasteiger partial charge in [0.25, 0.3) is 5.79 Å². The van der Waals surface area contributed by atoms with Crippen LogP contribution in [0.15, 0.2) is 48.0 Å². The Balaban J connectivity index is 1.74. The number of cyclic esters (lactones) is 2. The highest BCUT2D eigenvalue weighted by Gasteiger charge is 2.38. The van der Waals surface area contributed by atoms with Gasteiger partial charge in [-0.05, 0) is 42.0 Å². The first-order valence-corrected chi connectivity index (χ1v) is 8.86. The third-order valence-electron chi connectivity index (χ3n) is 3.67. The lowest BCUT2D eigenvalue weighted by atomic mass is 10.1. The van der Waals surface area contributed by atoms with E-state index in [1.807, 2.05) is 0 Å². The maximum absolute atomic E-state index is 12.2. The molecule has 0 N–H and O–H groups in total. The number of carbonyl (C=O) groups excluding carboxylic acids is 3. The van der Waals surface area contributed by atoms with Crippen LogP contribution in [0.3, 0.4) is 0 Å². The van der Waals surface area contributed by atoms with Crippen molar-refractivity contribution in [3.05, 3.63) is 69.2 Å². The molecule has 1 aliphatic heterocycles. The van der Waals surface area contributed by atoms with Crippen molar-refractivity contribution in [3.63, 3.8) is 0 Å². The van der Waals surface area contributed by atoms with Crippen LogP contribution in [0.5, 0.6) is 5.75 Å². The summed E-state index contributed by atoms with van der Waals surface area (Å²) in [5.41, 5.74) is 0.470. The molecule has 1 aliphatic rings. The maximum atomic E-state index is 12.2. The molecule has 0 bridgehead atoms. The van der Waals surface area contributed by atoms with Crippen LogP contribution in [0, 0.1) is 0 Å². The number of halogens is 2. The molecule has 28 heavy (non-hydrogen) atoms. The van der Waals surface area contributed by atoms with Gasteiger partial charge in [0.05, 0.1) is 10.6 Å². The van der Waals surface area contributed by atoms with Gasteiger partial charge >= 0.3 is 17.9 Å². The molecule has 3 rings (SSSR count). The molecule has 0 aliphatic carbocycles. The predicted octanol–water partition coefficient (Wildman–Crippen LogP) is 4.43. The second-order valence-electron chi connectivity index (χ2n) is 6.32. The highest BCUT2D eigenvalue weighted by molar-refractivity contribution is 6.36. The summed E-state index contributed by atoms with van der Waals surface area (Å²) in [6, 6.07) is 10.6. The van der Waals surface area contributed by atoms with Crippen molar-refractivity contribution in [2.75, 3.05) is 0 Å². The average Bonchev–Trinajstić information content (AvgIpc) is 2.58. The smallest absolute Gasteiger partial charge is 0.348 e. The Labute approximate surface area is 170 Å². The zero-order valence-corrected chi connectivity index (χ0v) is 16.3. The summed E-state index contributed by atoms with van der Waals surface area (Å²) in [4.78, 5) is 36.1. The molecule has 1 fully saturated rings. The van der Waals surface area contributed by atoms with Gasteiger partial charge in [0.1, 0.15) is 11.3 Å². The topological polar surface area (TPSA) is 78.9 Å². The Morgan fingerprint density at radius 3 is 2.18 bits per heavy atom. The van der Waals surface area contributed by atoms with Crippen molar-refractivity contribution in [2.45, 2.75) is 19.6 Å².